The smallest absolute Gasteiger partial charge is 0.269 e. The molecule has 0 atom stereocenters. The SMILES string of the molecule is Cc1cc(OCCCCCCOc2cc(C)c(N=Nc3ccc([N+](=O)[O-])cc3)cc2C)c(C)cc1N=Nc1ccc([N+](=O)[O-])cc1. The van der Waals surface area contributed by atoms with Crippen molar-refractivity contribution in [2.45, 2.75) is 53.4 Å². The van der Waals surface area contributed by atoms with Crippen molar-refractivity contribution < 1.29 is 19.3 Å². The van der Waals surface area contributed by atoms with Crippen molar-refractivity contribution in [2.75, 3.05) is 13.2 Å². The topological polar surface area (TPSA) is 154 Å². The number of non-ortho nitro benzene ring substituents is 2. The fraction of sp³-hybridized carbons (Fsp3) is 0.294. The first kappa shape index (κ1) is 33.4. The molecular weight excluding hydrogens is 588 g/mol. The molecule has 0 bridgehead atoms. The maximum atomic E-state index is 10.8. The van der Waals surface area contributed by atoms with Gasteiger partial charge in [-0.15, -0.1) is 0 Å². The second-order valence-electron chi connectivity index (χ2n) is 10.9. The lowest BCUT2D eigenvalue weighted by atomic mass is 10.1. The van der Waals surface area contributed by atoms with Crippen LogP contribution in [0.15, 0.2) is 93.3 Å². The number of azo groups is 2. The molecule has 12 nitrogen and oxygen atoms in total. The molecule has 0 radical (unpaired) electrons. The first-order valence-corrected chi connectivity index (χ1v) is 14.9. The van der Waals surface area contributed by atoms with E-state index in [4.69, 9.17) is 9.47 Å². The lowest BCUT2D eigenvalue weighted by Crippen LogP contribution is -2.01. The van der Waals surface area contributed by atoms with Crippen molar-refractivity contribution in [3.8, 4) is 11.5 Å². The minimum atomic E-state index is -0.448. The third-order valence-corrected chi connectivity index (χ3v) is 7.21. The summed E-state index contributed by atoms with van der Waals surface area (Å²) in [5.74, 6) is 1.63. The Morgan fingerprint density at radius 1 is 0.522 bits per heavy atom. The number of rotatable bonds is 15. The molecule has 0 aliphatic carbocycles. The third kappa shape index (κ3) is 9.49. The van der Waals surface area contributed by atoms with Crippen molar-refractivity contribution in [2.24, 2.45) is 20.5 Å². The van der Waals surface area contributed by atoms with Crippen LogP contribution >= 0.6 is 0 Å². The van der Waals surface area contributed by atoms with E-state index < -0.39 is 9.85 Å². The van der Waals surface area contributed by atoms with E-state index in [1.165, 1.54) is 24.3 Å². The Balaban J connectivity index is 1.17. The molecule has 238 valence electrons. The van der Waals surface area contributed by atoms with Crippen molar-refractivity contribution in [3.63, 3.8) is 0 Å². The molecule has 0 spiro atoms. The van der Waals surface area contributed by atoms with Crippen LogP contribution in [0.3, 0.4) is 0 Å². The maximum absolute atomic E-state index is 10.8. The van der Waals surface area contributed by atoms with Gasteiger partial charge in [0, 0.05) is 24.3 Å². The van der Waals surface area contributed by atoms with Crippen LogP contribution < -0.4 is 9.47 Å². The summed E-state index contributed by atoms with van der Waals surface area (Å²) in [5, 5.41) is 38.7. The average molecular weight is 625 g/mol. The number of unbranched alkanes of at least 4 members (excludes halogenated alkanes) is 3. The molecule has 4 aromatic rings. The quantitative estimate of drug-likeness (QED) is 0.0554. The predicted molar refractivity (Wildman–Crippen MR) is 176 cm³/mol. The van der Waals surface area contributed by atoms with Crippen LogP contribution in [0.5, 0.6) is 11.5 Å². The Bertz CT molecular complexity index is 1610. The standard InChI is InChI=1S/C34H36N6O6/c1-23-21-33(25(3)19-31(23)37-35-27-9-13-29(14-10-27)39(41)42)45-17-7-5-6-8-18-46-34-22-24(2)32(20-26(34)4)38-36-28-11-15-30(16-12-28)40(43)44/h9-16,19-22H,5-8,17-18H2,1-4H3. The predicted octanol–water partition coefficient (Wildman–Crippen LogP) is 10.6. The number of benzene rings is 4. The van der Waals surface area contributed by atoms with Crippen LogP contribution in [-0.2, 0) is 0 Å². The summed E-state index contributed by atoms with van der Waals surface area (Å²) in [6, 6.07) is 19.6. The van der Waals surface area contributed by atoms with Gasteiger partial charge in [0.1, 0.15) is 11.5 Å². The van der Waals surface area contributed by atoms with Crippen molar-refractivity contribution >= 4 is 34.1 Å². The number of aryl methyl sites for hydroxylation is 4. The molecule has 0 N–H and O–H groups in total. The summed E-state index contributed by atoms with van der Waals surface area (Å²) in [4.78, 5) is 20.7. The van der Waals surface area contributed by atoms with Crippen LogP contribution in [0.4, 0.5) is 34.1 Å². The van der Waals surface area contributed by atoms with E-state index in [2.05, 4.69) is 20.5 Å². The number of hydrogen-bond donors (Lipinski definition) is 0. The molecule has 0 unspecified atom stereocenters. The van der Waals surface area contributed by atoms with Crippen molar-refractivity contribution in [1.29, 1.82) is 0 Å². The van der Waals surface area contributed by atoms with Crippen molar-refractivity contribution in [3.05, 3.63) is 115 Å². The molecule has 0 saturated carbocycles. The van der Waals surface area contributed by atoms with Gasteiger partial charge in [-0.25, -0.2) is 0 Å². The highest BCUT2D eigenvalue weighted by Crippen LogP contribution is 2.31. The van der Waals surface area contributed by atoms with Gasteiger partial charge < -0.3 is 9.47 Å². The minimum absolute atomic E-state index is 0.0124. The molecule has 0 aromatic heterocycles. The summed E-state index contributed by atoms with van der Waals surface area (Å²) < 4.78 is 12.1. The van der Waals surface area contributed by atoms with Gasteiger partial charge in [0.15, 0.2) is 0 Å². The molecule has 4 rings (SSSR count). The Labute approximate surface area is 267 Å². The molecule has 0 saturated heterocycles. The largest absolute Gasteiger partial charge is 0.493 e. The molecule has 0 amide bonds. The summed E-state index contributed by atoms with van der Waals surface area (Å²) in [5.41, 5.74) is 6.31. The third-order valence-electron chi connectivity index (χ3n) is 7.21. The highest BCUT2D eigenvalue weighted by atomic mass is 16.6. The fourth-order valence-electron chi connectivity index (χ4n) is 4.50. The molecule has 0 heterocycles. The zero-order valence-corrected chi connectivity index (χ0v) is 26.3. The van der Waals surface area contributed by atoms with Crippen molar-refractivity contribution in [1.82, 2.24) is 0 Å². The van der Waals surface area contributed by atoms with Crippen LogP contribution in [-0.4, -0.2) is 23.1 Å². The number of nitro benzene ring substituents is 2. The summed E-state index contributed by atoms with van der Waals surface area (Å²) in [7, 11) is 0. The van der Waals surface area contributed by atoms with E-state index in [0.717, 1.165) is 70.8 Å². The van der Waals surface area contributed by atoms with Gasteiger partial charge in [-0.3, -0.25) is 20.2 Å². The van der Waals surface area contributed by atoms with Crippen LogP contribution in [0, 0.1) is 47.9 Å². The Morgan fingerprint density at radius 3 is 1.24 bits per heavy atom. The summed E-state index contributed by atoms with van der Waals surface area (Å²) in [6.07, 6.45) is 3.88. The number of nitro groups is 2. The van der Waals surface area contributed by atoms with E-state index in [9.17, 15) is 20.2 Å². The monoisotopic (exact) mass is 624 g/mol. The highest BCUT2D eigenvalue weighted by Gasteiger charge is 2.09. The van der Waals surface area contributed by atoms with Crippen LogP contribution in [0.2, 0.25) is 0 Å². The molecular formula is C34H36N6O6. The number of nitrogens with zero attached hydrogens (tertiary/aromatic N) is 6. The molecule has 0 aliphatic rings. The molecule has 12 heteroatoms. The molecule has 46 heavy (non-hydrogen) atoms. The zero-order chi connectivity index (χ0) is 33.1. The Kier molecular flexibility index (Phi) is 11.6. The van der Waals surface area contributed by atoms with E-state index >= 15 is 0 Å². The van der Waals surface area contributed by atoms with E-state index in [1.807, 2.05) is 52.0 Å². The number of ether oxygens (including phenoxy) is 2. The van der Waals surface area contributed by atoms with Gasteiger partial charge in [-0.2, -0.15) is 20.5 Å². The van der Waals surface area contributed by atoms with Gasteiger partial charge in [0.05, 0.1) is 45.8 Å². The van der Waals surface area contributed by atoms with E-state index in [1.54, 1.807) is 24.3 Å². The zero-order valence-electron chi connectivity index (χ0n) is 26.3. The number of hydrogen-bond acceptors (Lipinski definition) is 10. The second-order valence-corrected chi connectivity index (χ2v) is 10.9. The second kappa shape index (κ2) is 16.0. The van der Waals surface area contributed by atoms with Gasteiger partial charge in [-0.05, 0) is 124 Å². The van der Waals surface area contributed by atoms with Gasteiger partial charge in [0.2, 0.25) is 0 Å². The first-order chi connectivity index (χ1) is 22.1. The maximum Gasteiger partial charge on any atom is 0.269 e. The molecule has 0 fully saturated rings. The van der Waals surface area contributed by atoms with Gasteiger partial charge in [0.25, 0.3) is 11.4 Å². The Morgan fingerprint density at radius 2 is 0.891 bits per heavy atom. The average Bonchev–Trinajstić information content (AvgIpc) is 3.04. The highest BCUT2D eigenvalue weighted by molar-refractivity contribution is 5.55. The van der Waals surface area contributed by atoms with Crippen LogP contribution in [0.1, 0.15) is 47.9 Å². The fourth-order valence-corrected chi connectivity index (χ4v) is 4.50. The minimum Gasteiger partial charge on any atom is -0.493 e. The van der Waals surface area contributed by atoms with Gasteiger partial charge in [-0.1, -0.05) is 0 Å². The molecule has 4 aromatic carbocycles. The summed E-state index contributed by atoms with van der Waals surface area (Å²) in [6.45, 7) is 9.04. The van der Waals surface area contributed by atoms with E-state index in [-0.39, 0.29) is 11.4 Å². The molecule has 0 aliphatic heterocycles. The Hall–Kier alpha value is -5.52. The summed E-state index contributed by atoms with van der Waals surface area (Å²) >= 11 is 0. The van der Waals surface area contributed by atoms with E-state index in [0.29, 0.717) is 24.6 Å². The van der Waals surface area contributed by atoms with Crippen LogP contribution in [0.25, 0.3) is 0 Å². The van der Waals surface area contributed by atoms with Gasteiger partial charge >= 0.3 is 0 Å². The lowest BCUT2D eigenvalue weighted by Gasteiger charge is -2.12. The normalized spacial score (nSPS) is 11.3. The lowest BCUT2D eigenvalue weighted by molar-refractivity contribution is -0.385. The first-order valence-electron chi connectivity index (χ1n) is 14.9.